The molecular weight excluding hydrogens is 346 g/mol. The lowest BCUT2D eigenvalue weighted by Crippen LogP contribution is -2.20. The molecule has 4 rings (SSSR count). The number of fused-ring (bicyclic) bond motifs is 1. The van der Waals surface area contributed by atoms with Crippen molar-refractivity contribution in [1.82, 2.24) is 4.98 Å². The summed E-state index contributed by atoms with van der Waals surface area (Å²) in [5, 5.41) is 13.1. The van der Waals surface area contributed by atoms with Crippen molar-refractivity contribution in [3.63, 3.8) is 0 Å². The number of hydrogen-bond donors (Lipinski definition) is 1. The minimum absolute atomic E-state index is 0.0579. The van der Waals surface area contributed by atoms with Gasteiger partial charge in [-0.15, -0.1) is 0 Å². The molecule has 0 radical (unpaired) electrons. The fraction of sp³-hybridized carbons (Fsp3) is 0.292. The number of amides is 1. The maximum absolute atomic E-state index is 12.4. The summed E-state index contributed by atoms with van der Waals surface area (Å²) in [6.07, 6.45) is 6.84. The number of anilines is 1. The number of nitrogens with zero attached hydrogens (tertiary/aromatic N) is 2. The minimum Gasteiger partial charge on any atom is -0.326 e. The van der Waals surface area contributed by atoms with E-state index in [9.17, 15) is 4.79 Å². The molecule has 0 spiro atoms. The van der Waals surface area contributed by atoms with Crippen LogP contribution in [-0.2, 0) is 4.79 Å². The van der Waals surface area contributed by atoms with Gasteiger partial charge >= 0.3 is 0 Å². The van der Waals surface area contributed by atoms with Gasteiger partial charge in [-0.2, -0.15) is 5.26 Å². The van der Waals surface area contributed by atoms with Crippen molar-refractivity contribution in [3.8, 4) is 6.07 Å². The first-order valence-electron chi connectivity index (χ1n) is 9.86. The monoisotopic (exact) mass is 369 g/mol. The van der Waals surface area contributed by atoms with Crippen molar-refractivity contribution < 1.29 is 4.79 Å². The number of aromatic nitrogens is 1. The van der Waals surface area contributed by atoms with E-state index in [1.165, 1.54) is 10.9 Å². The van der Waals surface area contributed by atoms with E-state index < -0.39 is 0 Å². The van der Waals surface area contributed by atoms with Gasteiger partial charge in [0.1, 0.15) is 0 Å². The van der Waals surface area contributed by atoms with Crippen LogP contribution in [0.15, 0.2) is 60.8 Å². The summed E-state index contributed by atoms with van der Waals surface area (Å²) >= 11 is 0. The molecule has 3 aromatic rings. The van der Waals surface area contributed by atoms with Gasteiger partial charge in [0.15, 0.2) is 0 Å². The third-order valence-corrected chi connectivity index (χ3v) is 5.74. The maximum atomic E-state index is 12.4. The molecule has 1 heterocycles. The van der Waals surface area contributed by atoms with Crippen LogP contribution in [-0.4, -0.2) is 10.9 Å². The van der Waals surface area contributed by atoms with Crippen LogP contribution in [0.2, 0.25) is 0 Å². The Morgan fingerprint density at radius 3 is 2.54 bits per heavy atom. The normalized spacial score (nSPS) is 19.1. The van der Waals surface area contributed by atoms with Crippen LogP contribution in [0.3, 0.4) is 0 Å². The molecule has 0 unspecified atom stereocenters. The lowest BCUT2D eigenvalue weighted by Gasteiger charge is -2.29. The van der Waals surface area contributed by atoms with Crippen molar-refractivity contribution in [2.45, 2.75) is 38.0 Å². The number of benzene rings is 2. The molecule has 0 atom stereocenters. The Morgan fingerprint density at radius 1 is 1.04 bits per heavy atom. The Morgan fingerprint density at radius 2 is 1.79 bits per heavy atom. The molecule has 1 fully saturated rings. The van der Waals surface area contributed by atoms with Gasteiger partial charge in [-0.3, -0.25) is 9.78 Å². The lowest BCUT2D eigenvalue weighted by molar-refractivity contribution is -0.117. The Labute approximate surface area is 165 Å². The number of nitriles is 1. The van der Waals surface area contributed by atoms with E-state index in [4.69, 9.17) is 5.26 Å². The summed E-state index contributed by atoms with van der Waals surface area (Å²) in [6, 6.07) is 19.6. The van der Waals surface area contributed by atoms with E-state index in [0.717, 1.165) is 36.9 Å². The number of carbonyl (C=O) groups excluding carboxylic acids is 1. The van der Waals surface area contributed by atoms with Crippen LogP contribution in [0.4, 0.5) is 5.69 Å². The van der Waals surface area contributed by atoms with Gasteiger partial charge in [0, 0.05) is 23.7 Å². The lowest BCUT2D eigenvalue weighted by atomic mass is 9.77. The van der Waals surface area contributed by atoms with Gasteiger partial charge in [0.25, 0.3) is 0 Å². The zero-order valence-corrected chi connectivity index (χ0v) is 15.8. The van der Waals surface area contributed by atoms with Crippen molar-refractivity contribution in [2.24, 2.45) is 5.92 Å². The number of para-hydroxylation sites is 1. The molecule has 1 aliphatic rings. The highest BCUT2D eigenvalue weighted by molar-refractivity contribution is 5.90. The van der Waals surface area contributed by atoms with Gasteiger partial charge in [-0.1, -0.05) is 18.2 Å². The van der Waals surface area contributed by atoms with Crippen LogP contribution in [0.1, 0.15) is 49.1 Å². The van der Waals surface area contributed by atoms with Crippen LogP contribution in [0.5, 0.6) is 0 Å². The predicted octanol–water partition coefficient (Wildman–Crippen LogP) is 5.41. The second kappa shape index (κ2) is 8.22. The fourth-order valence-electron chi connectivity index (χ4n) is 4.25. The Hall–Kier alpha value is -3.19. The summed E-state index contributed by atoms with van der Waals surface area (Å²) in [7, 11) is 0. The van der Waals surface area contributed by atoms with E-state index in [0.29, 0.717) is 23.8 Å². The molecule has 0 aliphatic heterocycles. The minimum atomic E-state index is 0.0579. The van der Waals surface area contributed by atoms with Gasteiger partial charge in [0.2, 0.25) is 5.91 Å². The quantitative estimate of drug-likeness (QED) is 0.669. The van der Waals surface area contributed by atoms with Crippen molar-refractivity contribution in [3.05, 3.63) is 71.9 Å². The van der Waals surface area contributed by atoms with E-state index in [1.807, 2.05) is 12.3 Å². The van der Waals surface area contributed by atoms with E-state index >= 15 is 0 Å². The number of carbonyl (C=O) groups is 1. The van der Waals surface area contributed by atoms with Crippen LogP contribution < -0.4 is 5.32 Å². The van der Waals surface area contributed by atoms with Crippen molar-refractivity contribution in [1.29, 1.82) is 5.26 Å². The van der Waals surface area contributed by atoms with Crippen LogP contribution in [0.25, 0.3) is 10.9 Å². The summed E-state index contributed by atoms with van der Waals surface area (Å²) in [4.78, 5) is 16.8. The molecule has 140 valence electrons. The molecule has 2 aromatic carbocycles. The maximum Gasteiger partial charge on any atom is 0.224 e. The molecule has 1 saturated carbocycles. The van der Waals surface area contributed by atoms with Gasteiger partial charge in [0.05, 0.1) is 17.1 Å². The number of rotatable bonds is 4. The largest absolute Gasteiger partial charge is 0.326 e. The van der Waals surface area contributed by atoms with E-state index in [1.54, 1.807) is 24.3 Å². The third kappa shape index (κ3) is 4.04. The first kappa shape index (κ1) is 18.2. The standard InChI is InChI=1S/C24H23N3O/c25-16-18-7-11-20(12-8-18)27-24(28)15-17-5-9-19(10-6-17)21-13-14-26-23-4-2-1-3-22(21)23/h1-4,7-8,11-14,17,19H,5-6,9-10,15H2,(H,27,28)/t17-,19+. The summed E-state index contributed by atoms with van der Waals surface area (Å²) in [5.41, 5.74) is 3.80. The second-order valence-electron chi connectivity index (χ2n) is 7.58. The molecule has 4 heteroatoms. The van der Waals surface area contributed by atoms with Crippen LogP contribution >= 0.6 is 0 Å². The highest BCUT2D eigenvalue weighted by Crippen LogP contribution is 2.39. The molecule has 1 aliphatic carbocycles. The highest BCUT2D eigenvalue weighted by Gasteiger charge is 2.25. The number of pyridine rings is 1. The molecule has 1 N–H and O–H groups in total. The molecule has 1 amide bonds. The molecular formula is C24H23N3O. The molecule has 4 nitrogen and oxygen atoms in total. The van der Waals surface area contributed by atoms with E-state index in [2.05, 4.69) is 40.6 Å². The number of hydrogen-bond acceptors (Lipinski definition) is 3. The highest BCUT2D eigenvalue weighted by atomic mass is 16.1. The molecule has 28 heavy (non-hydrogen) atoms. The first-order chi connectivity index (χ1) is 13.7. The summed E-state index contributed by atoms with van der Waals surface area (Å²) in [5.74, 6) is 1.04. The summed E-state index contributed by atoms with van der Waals surface area (Å²) in [6.45, 7) is 0. The summed E-state index contributed by atoms with van der Waals surface area (Å²) < 4.78 is 0. The van der Waals surface area contributed by atoms with Gasteiger partial charge < -0.3 is 5.32 Å². The SMILES string of the molecule is N#Cc1ccc(NC(=O)C[C@H]2CC[C@@H](c3ccnc4ccccc43)CC2)cc1. The smallest absolute Gasteiger partial charge is 0.224 e. The second-order valence-corrected chi connectivity index (χ2v) is 7.58. The van der Waals surface area contributed by atoms with E-state index in [-0.39, 0.29) is 5.91 Å². The average Bonchev–Trinajstić information content (AvgIpc) is 2.74. The van der Waals surface area contributed by atoms with Crippen molar-refractivity contribution >= 4 is 22.5 Å². The Kier molecular flexibility index (Phi) is 5.34. The van der Waals surface area contributed by atoms with Gasteiger partial charge in [-0.05, 0) is 79.5 Å². The van der Waals surface area contributed by atoms with Gasteiger partial charge in [-0.25, -0.2) is 0 Å². The number of nitrogens with one attached hydrogen (secondary N) is 1. The van der Waals surface area contributed by atoms with Crippen LogP contribution in [0, 0.1) is 17.2 Å². The topological polar surface area (TPSA) is 65.8 Å². The zero-order valence-electron chi connectivity index (χ0n) is 15.8. The predicted molar refractivity (Wildman–Crippen MR) is 111 cm³/mol. The Bertz CT molecular complexity index is 1010. The average molecular weight is 369 g/mol. The molecule has 0 saturated heterocycles. The van der Waals surface area contributed by atoms with Crippen molar-refractivity contribution in [2.75, 3.05) is 5.32 Å². The molecule has 0 bridgehead atoms. The third-order valence-electron chi connectivity index (χ3n) is 5.74. The first-order valence-corrected chi connectivity index (χ1v) is 9.86. The zero-order chi connectivity index (χ0) is 19.3. The molecule has 1 aromatic heterocycles. The Balaban J connectivity index is 1.33. The fourth-order valence-corrected chi connectivity index (χ4v) is 4.25.